The SMILES string of the molecule is CCCCCCCCOc1c(OCCCCCCCC)c(OCCCCCCCC)c2c(c1OCCCCCCCC)-c1nc-2nc2[nH]c(nc3nc(nc4[nH]c(n1)c1ccccc41)-c1ccccc1-3)c1c(OCCCCCCCC)c(OCCCCCCCC)c(OCCCCCCCC)c(OCCCCCCCC)c21. The molecule has 618 valence electrons. The summed E-state index contributed by atoms with van der Waals surface area (Å²) in [5.41, 5.74) is 5.08. The summed E-state index contributed by atoms with van der Waals surface area (Å²) in [5.74, 6) is 6.00. The number of aromatic nitrogens is 8. The van der Waals surface area contributed by atoms with Crippen LogP contribution in [-0.4, -0.2) is 92.7 Å². The van der Waals surface area contributed by atoms with E-state index in [9.17, 15) is 0 Å². The number of benzene rings is 4. The Hall–Kier alpha value is -7.36. The predicted molar refractivity (Wildman–Crippen MR) is 467 cm³/mol. The van der Waals surface area contributed by atoms with E-state index in [1.165, 1.54) is 154 Å². The predicted octanol–water partition coefficient (Wildman–Crippen LogP) is 28.8. The lowest BCUT2D eigenvalue weighted by Gasteiger charge is -2.23. The Balaban J connectivity index is 1.44. The molecule has 16 nitrogen and oxygen atoms in total. The van der Waals surface area contributed by atoms with Gasteiger partial charge in [-0.2, -0.15) is 0 Å². The summed E-state index contributed by atoms with van der Waals surface area (Å²) in [4.78, 5) is 42.0. The molecular formula is C96H146N8O8. The van der Waals surface area contributed by atoms with Crippen molar-refractivity contribution in [3.05, 3.63) is 48.5 Å². The first-order valence-electron chi connectivity index (χ1n) is 45.9. The molecule has 0 spiro atoms. The number of unbranched alkanes of at least 4 members (excludes halogenated alkanes) is 40. The minimum Gasteiger partial charge on any atom is -0.489 e. The lowest BCUT2D eigenvalue weighted by molar-refractivity contribution is 0.220. The van der Waals surface area contributed by atoms with Crippen LogP contribution in [0.2, 0.25) is 0 Å². The largest absolute Gasteiger partial charge is 0.489 e. The zero-order valence-corrected chi connectivity index (χ0v) is 71.2. The van der Waals surface area contributed by atoms with Gasteiger partial charge in [0.25, 0.3) is 0 Å². The Morgan fingerprint density at radius 2 is 0.411 bits per heavy atom. The summed E-state index contributed by atoms with van der Waals surface area (Å²) >= 11 is 0. The number of hydrogen-bond donors (Lipinski definition) is 2. The molecule has 2 aliphatic heterocycles. The third-order valence-electron chi connectivity index (χ3n) is 22.1. The first-order valence-corrected chi connectivity index (χ1v) is 45.9. The minimum atomic E-state index is 0.360. The third-order valence-corrected chi connectivity index (χ3v) is 22.1. The van der Waals surface area contributed by atoms with Gasteiger partial charge >= 0.3 is 0 Å². The average Bonchev–Trinajstić information content (AvgIpc) is 1.54. The molecule has 7 aromatic rings. The average molecular weight is 1540 g/mol. The van der Waals surface area contributed by atoms with Crippen molar-refractivity contribution in [1.29, 1.82) is 0 Å². The van der Waals surface area contributed by atoms with Crippen LogP contribution in [0.1, 0.15) is 364 Å². The third kappa shape index (κ3) is 26.9. The summed E-state index contributed by atoms with van der Waals surface area (Å²) in [6.45, 7) is 21.8. The molecule has 0 amide bonds. The van der Waals surface area contributed by atoms with Crippen molar-refractivity contribution >= 4 is 44.1 Å². The van der Waals surface area contributed by atoms with E-state index in [2.05, 4.69) is 102 Å². The quantitative estimate of drug-likeness (QED) is 0.0343. The molecule has 9 rings (SSSR count). The van der Waals surface area contributed by atoms with E-state index in [0.29, 0.717) is 167 Å². The van der Waals surface area contributed by atoms with Crippen LogP contribution in [0.15, 0.2) is 48.5 Å². The first-order chi connectivity index (χ1) is 55.4. The molecule has 0 radical (unpaired) electrons. The first kappa shape index (κ1) is 88.6. The van der Waals surface area contributed by atoms with Crippen molar-refractivity contribution in [1.82, 2.24) is 39.9 Å². The maximum atomic E-state index is 7.53. The van der Waals surface area contributed by atoms with Crippen LogP contribution in [0.5, 0.6) is 46.0 Å². The standard InChI is InChI=1S/C96H146N8O8/c1-9-17-25-33-41-53-65-105-81-77-79(83(107-67-55-43-35-27-19-11-3)87(111-71-59-47-39-31-23-15-7)85(81)109-69-57-45-37-29-21-13-5)95-102-93(77)100-91-75-63-51-49-61-73(75)89(98-91)97-90-74-62-50-52-64-76(74)92(99-90)101-94-78-80(96(103-94)104-95)84(108-68-56-44-36-28-20-12-4)88(112-72-60-48-40-32-24-16-8)86(110-70-58-46-38-30-22-14-6)82(78)106-66-54-42-34-26-18-10-2/h49-52,61-64H,9-48,53-60,65-72H2,1-8H3,(H2,97,98,99,100,101,102,103,104). The highest BCUT2D eigenvalue weighted by Gasteiger charge is 2.38. The second kappa shape index (κ2) is 52.2. The second-order valence-electron chi connectivity index (χ2n) is 31.8. The molecular weight excluding hydrogens is 1390 g/mol. The lowest BCUT2D eigenvalue weighted by atomic mass is 10.0. The van der Waals surface area contributed by atoms with Crippen molar-refractivity contribution in [2.45, 2.75) is 364 Å². The maximum absolute atomic E-state index is 7.53. The van der Waals surface area contributed by atoms with Crippen LogP contribution in [0.25, 0.3) is 89.7 Å². The summed E-state index contributed by atoms with van der Waals surface area (Å²) in [6.07, 6.45) is 53.0. The summed E-state index contributed by atoms with van der Waals surface area (Å²) in [7, 11) is 0. The maximum Gasteiger partial charge on any atom is 0.208 e. The fourth-order valence-electron chi connectivity index (χ4n) is 15.5. The van der Waals surface area contributed by atoms with Gasteiger partial charge in [-0.05, 0) is 51.4 Å². The van der Waals surface area contributed by atoms with Gasteiger partial charge in [0, 0.05) is 21.9 Å². The number of nitrogens with zero attached hydrogens (tertiary/aromatic N) is 6. The van der Waals surface area contributed by atoms with Gasteiger partial charge in [-0.15, -0.1) is 0 Å². The van der Waals surface area contributed by atoms with Crippen LogP contribution in [-0.2, 0) is 0 Å². The van der Waals surface area contributed by atoms with E-state index in [4.69, 9.17) is 67.8 Å². The Kier molecular flexibility index (Phi) is 41.3. The second-order valence-corrected chi connectivity index (χ2v) is 31.8. The molecule has 4 aromatic carbocycles. The van der Waals surface area contributed by atoms with Gasteiger partial charge in [0.15, 0.2) is 46.3 Å². The summed E-state index contributed by atoms with van der Waals surface area (Å²) < 4.78 is 59.6. The molecule has 8 bridgehead atoms. The number of ether oxygens (including phenoxy) is 8. The van der Waals surface area contributed by atoms with Gasteiger partial charge < -0.3 is 47.9 Å². The molecule has 0 unspecified atom stereocenters. The Bertz CT molecular complexity index is 4000. The van der Waals surface area contributed by atoms with Crippen molar-refractivity contribution in [3.8, 4) is 91.5 Å². The molecule has 2 aliphatic rings. The number of nitrogens with one attached hydrogen (secondary N) is 2. The van der Waals surface area contributed by atoms with Crippen LogP contribution >= 0.6 is 0 Å². The van der Waals surface area contributed by atoms with Gasteiger partial charge in [-0.3, -0.25) is 0 Å². The van der Waals surface area contributed by atoms with Crippen LogP contribution in [0.4, 0.5) is 0 Å². The van der Waals surface area contributed by atoms with Gasteiger partial charge in [0.05, 0.1) is 74.8 Å². The zero-order valence-electron chi connectivity index (χ0n) is 71.2. The van der Waals surface area contributed by atoms with Gasteiger partial charge in [0.2, 0.25) is 23.0 Å². The molecule has 5 heterocycles. The summed E-state index contributed by atoms with van der Waals surface area (Å²) in [5, 5.41) is 3.07. The van der Waals surface area contributed by atoms with E-state index in [-0.39, 0.29) is 0 Å². The molecule has 112 heavy (non-hydrogen) atoms. The number of hydrogen-bond acceptors (Lipinski definition) is 14. The zero-order chi connectivity index (χ0) is 78.4. The topological polar surface area (TPSA) is 183 Å². The summed E-state index contributed by atoms with van der Waals surface area (Å²) in [6, 6.07) is 16.6. The van der Waals surface area contributed by atoms with E-state index in [1.807, 2.05) is 12.1 Å². The number of fused-ring (bicyclic) bond motifs is 20. The molecule has 0 fully saturated rings. The smallest absolute Gasteiger partial charge is 0.208 e. The van der Waals surface area contributed by atoms with Crippen LogP contribution in [0.3, 0.4) is 0 Å². The van der Waals surface area contributed by atoms with Crippen molar-refractivity contribution in [3.63, 3.8) is 0 Å². The highest BCUT2D eigenvalue weighted by Crippen LogP contribution is 2.59. The van der Waals surface area contributed by atoms with Crippen LogP contribution in [0, 0.1) is 0 Å². The molecule has 0 saturated heterocycles. The van der Waals surface area contributed by atoms with Crippen molar-refractivity contribution < 1.29 is 37.9 Å². The molecule has 0 atom stereocenters. The van der Waals surface area contributed by atoms with Crippen LogP contribution < -0.4 is 37.9 Å². The van der Waals surface area contributed by atoms with Crippen molar-refractivity contribution in [2.24, 2.45) is 0 Å². The number of aromatic amines is 2. The fraction of sp³-hybridized carbons (Fsp3) is 0.667. The molecule has 16 heteroatoms. The minimum absolute atomic E-state index is 0.360. The van der Waals surface area contributed by atoms with E-state index >= 15 is 0 Å². The molecule has 0 aliphatic carbocycles. The monoisotopic (exact) mass is 1540 g/mol. The van der Waals surface area contributed by atoms with Gasteiger partial charge in [0.1, 0.15) is 22.6 Å². The lowest BCUT2D eigenvalue weighted by Crippen LogP contribution is -2.10. The Labute approximate surface area is 674 Å². The van der Waals surface area contributed by atoms with Gasteiger partial charge in [-0.25, -0.2) is 29.9 Å². The van der Waals surface area contributed by atoms with E-state index in [1.54, 1.807) is 0 Å². The van der Waals surface area contributed by atoms with Crippen molar-refractivity contribution in [2.75, 3.05) is 52.9 Å². The fourth-order valence-corrected chi connectivity index (χ4v) is 15.5. The number of rotatable bonds is 64. The highest BCUT2D eigenvalue weighted by molar-refractivity contribution is 6.15. The molecule has 0 saturated carbocycles. The normalized spacial score (nSPS) is 11.8. The Morgan fingerprint density at radius 3 is 0.705 bits per heavy atom. The van der Waals surface area contributed by atoms with Gasteiger partial charge in [-0.1, -0.05) is 361 Å². The Morgan fingerprint density at radius 1 is 0.205 bits per heavy atom. The molecule has 2 N–H and O–H groups in total. The molecule has 3 aromatic heterocycles. The highest BCUT2D eigenvalue weighted by atomic mass is 16.6. The van der Waals surface area contributed by atoms with E-state index in [0.717, 1.165) is 176 Å². The number of H-pyrrole nitrogens is 2. The van der Waals surface area contributed by atoms with E-state index < -0.39 is 0 Å².